The van der Waals surface area contributed by atoms with Crippen molar-refractivity contribution in [2.24, 2.45) is 0 Å². The largest absolute Gasteiger partial charge is 0.339 e. The van der Waals surface area contributed by atoms with Crippen LogP contribution in [-0.2, 0) is 11.2 Å². The molecule has 0 atom stereocenters. The van der Waals surface area contributed by atoms with Crippen LogP contribution >= 0.6 is 11.3 Å². The first kappa shape index (κ1) is 17.4. The molecule has 1 fully saturated rings. The smallest absolute Gasteiger partial charge is 0.228 e. The molecule has 27 heavy (non-hydrogen) atoms. The number of carbonyl (C=O) groups is 1. The van der Waals surface area contributed by atoms with Crippen molar-refractivity contribution in [3.8, 4) is 0 Å². The minimum absolute atomic E-state index is 0.111. The molecule has 3 heterocycles. The molecule has 1 N–H and O–H groups in total. The highest BCUT2D eigenvalue weighted by atomic mass is 32.1. The Morgan fingerprint density at radius 1 is 1.04 bits per heavy atom. The molecule has 8 heteroatoms. The van der Waals surface area contributed by atoms with Gasteiger partial charge in [0.2, 0.25) is 11.9 Å². The summed E-state index contributed by atoms with van der Waals surface area (Å²) in [7, 11) is 0. The monoisotopic (exact) mass is 380 g/mol. The summed E-state index contributed by atoms with van der Waals surface area (Å²) in [6.45, 7) is 2.84. The molecule has 0 spiro atoms. The summed E-state index contributed by atoms with van der Waals surface area (Å²) in [5.41, 5.74) is 1.79. The van der Waals surface area contributed by atoms with Crippen LogP contribution in [0.15, 0.2) is 54.2 Å². The van der Waals surface area contributed by atoms with Gasteiger partial charge in [0.05, 0.1) is 12.1 Å². The molecule has 1 saturated heterocycles. The van der Waals surface area contributed by atoms with E-state index in [0.29, 0.717) is 19.5 Å². The molecule has 1 amide bonds. The average Bonchev–Trinajstić information content (AvgIpc) is 3.16. The molecule has 0 aliphatic carbocycles. The Morgan fingerprint density at radius 2 is 1.78 bits per heavy atom. The second kappa shape index (κ2) is 8.13. The molecule has 1 aliphatic heterocycles. The van der Waals surface area contributed by atoms with E-state index in [9.17, 15) is 4.79 Å². The van der Waals surface area contributed by atoms with E-state index in [1.54, 1.807) is 18.5 Å². The van der Waals surface area contributed by atoms with Crippen LogP contribution < -0.4 is 10.2 Å². The van der Waals surface area contributed by atoms with Crippen LogP contribution in [-0.4, -0.2) is 51.9 Å². The fourth-order valence-electron chi connectivity index (χ4n) is 2.97. The number of benzene rings is 1. The number of para-hydroxylation sites is 1. The van der Waals surface area contributed by atoms with E-state index < -0.39 is 0 Å². The zero-order valence-corrected chi connectivity index (χ0v) is 15.6. The Kier molecular flexibility index (Phi) is 5.24. The molecule has 1 aliphatic rings. The summed E-state index contributed by atoms with van der Waals surface area (Å²) >= 11 is 1.51. The third-order valence-corrected chi connectivity index (χ3v) is 5.18. The van der Waals surface area contributed by atoms with E-state index >= 15 is 0 Å². The first-order valence-corrected chi connectivity index (χ1v) is 9.72. The number of amides is 1. The quantitative estimate of drug-likeness (QED) is 0.733. The number of hydrogen-bond acceptors (Lipinski definition) is 7. The van der Waals surface area contributed by atoms with Crippen molar-refractivity contribution >= 4 is 34.0 Å². The van der Waals surface area contributed by atoms with Gasteiger partial charge in [-0.25, -0.2) is 15.0 Å². The summed E-state index contributed by atoms with van der Waals surface area (Å²) < 4.78 is 0. The van der Waals surface area contributed by atoms with Crippen LogP contribution in [0, 0.1) is 0 Å². The van der Waals surface area contributed by atoms with Crippen molar-refractivity contribution in [3.05, 3.63) is 59.9 Å². The van der Waals surface area contributed by atoms with Gasteiger partial charge in [0.1, 0.15) is 0 Å². The second-order valence-electron chi connectivity index (χ2n) is 6.23. The van der Waals surface area contributed by atoms with Gasteiger partial charge < -0.3 is 15.1 Å². The van der Waals surface area contributed by atoms with E-state index in [-0.39, 0.29) is 5.91 Å². The number of anilines is 3. The van der Waals surface area contributed by atoms with Gasteiger partial charge >= 0.3 is 0 Å². The molecular formula is C19H20N6OS. The predicted molar refractivity (Wildman–Crippen MR) is 106 cm³/mol. The molecule has 0 bridgehead atoms. The molecule has 4 rings (SSSR count). The van der Waals surface area contributed by atoms with Gasteiger partial charge in [0.25, 0.3) is 0 Å². The topological polar surface area (TPSA) is 74.2 Å². The Balaban J connectivity index is 1.30. The number of carbonyl (C=O) groups excluding carboxylic acids is 1. The third-order valence-electron chi connectivity index (χ3n) is 4.38. The number of hydrogen-bond donors (Lipinski definition) is 1. The van der Waals surface area contributed by atoms with Crippen molar-refractivity contribution in [2.75, 3.05) is 36.4 Å². The molecular weight excluding hydrogens is 360 g/mol. The van der Waals surface area contributed by atoms with Crippen LogP contribution in [0.2, 0.25) is 0 Å². The van der Waals surface area contributed by atoms with Gasteiger partial charge in [-0.15, -0.1) is 11.3 Å². The number of aromatic nitrogens is 3. The molecule has 1 aromatic carbocycles. The first-order valence-electron chi connectivity index (χ1n) is 8.84. The van der Waals surface area contributed by atoms with Gasteiger partial charge in [-0.1, -0.05) is 18.2 Å². The SMILES string of the molecule is O=C(Cc1csc(Nc2ccccc2)n1)N1CCN(c2ncccn2)CC1. The van der Waals surface area contributed by atoms with E-state index in [4.69, 9.17) is 0 Å². The van der Waals surface area contributed by atoms with E-state index in [0.717, 1.165) is 35.6 Å². The Hall–Kier alpha value is -3.00. The van der Waals surface area contributed by atoms with E-state index in [1.807, 2.05) is 40.6 Å². The summed E-state index contributed by atoms with van der Waals surface area (Å²) in [5, 5.41) is 6.01. The van der Waals surface area contributed by atoms with Gasteiger partial charge in [-0.2, -0.15) is 0 Å². The van der Waals surface area contributed by atoms with Crippen LogP contribution in [0.4, 0.5) is 16.8 Å². The van der Waals surface area contributed by atoms with Gasteiger partial charge in [0.15, 0.2) is 5.13 Å². The molecule has 3 aromatic rings. The highest BCUT2D eigenvalue weighted by Crippen LogP contribution is 2.21. The van der Waals surface area contributed by atoms with Crippen molar-refractivity contribution < 1.29 is 4.79 Å². The van der Waals surface area contributed by atoms with Crippen molar-refractivity contribution in [1.29, 1.82) is 0 Å². The molecule has 138 valence electrons. The van der Waals surface area contributed by atoms with Crippen molar-refractivity contribution in [1.82, 2.24) is 19.9 Å². The molecule has 2 aromatic heterocycles. The maximum Gasteiger partial charge on any atom is 0.228 e. The minimum Gasteiger partial charge on any atom is -0.339 e. The number of nitrogens with zero attached hydrogens (tertiary/aromatic N) is 5. The fraction of sp³-hybridized carbons (Fsp3) is 0.263. The number of nitrogens with one attached hydrogen (secondary N) is 1. The van der Waals surface area contributed by atoms with E-state index in [1.165, 1.54) is 11.3 Å². The lowest BCUT2D eigenvalue weighted by molar-refractivity contribution is -0.130. The predicted octanol–water partition coefficient (Wildman–Crippen LogP) is 2.57. The second-order valence-corrected chi connectivity index (χ2v) is 7.09. The lowest BCUT2D eigenvalue weighted by Crippen LogP contribution is -2.49. The van der Waals surface area contributed by atoms with Gasteiger partial charge in [0, 0.05) is 49.6 Å². The van der Waals surface area contributed by atoms with Gasteiger partial charge in [-0.3, -0.25) is 4.79 Å². The highest BCUT2D eigenvalue weighted by molar-refractivity contribution is 7.13. The normalized spacial score (nSPS) is 14.2. The zero-order valence-electron chi connectivity index (χ0n) is 14.8. The highest BCUT2D eigenvalue weighted by Gasteiger charge is 2.23. The first-order chi connectivity index (χ1) is 13.3. The minimum atomic E-state index is 0.111. The van der Waals surface area contributed by atoms with Crippen molar-refractivity contribution in [3.63, 3.8) is 0 Å². The zero-order chi connectivity index (χ0) is 18.5. The number of rotatable bonds is 5. The average molecular weight is 380 g/mol. The lowest BCUT2D eigenvalue weighted by atomic mass is 10.2. The fourth-order valence-corrected chi connectivity index (χ4v) is 3.70. The van der Waals surface area contributed by atoms with Gasteiger partial charge in [-0.05, 0) is 18.2 Å². The molecule has 0 saturated carbocycles. The lowest BCUT2D eigenvalue weighted by Gasteiger charge is -2.34. The summed E-state index contributed by atoms with van der Waals surface area (Å²) in [6, 6.07) is 11.7. The van der Waals surface area contributed by atoms with Crippen LogP contribution in [0.5, 0.6) is 0 Å². The van der Waals surface area contributed by atoms with Crippen LogP contribution in [0.1, 0.15) is 5.69 Å². The van der Waals surface area contributed by atoms with Crippen LogP contribution in [0.3, 0.4) is 0 Å². The summed E-state index contributed by atoms with van der Waals surface area (Å²) in [5.74, 6) is 0.834. The standard InChI is InChI=1S/C19H20N6OS/c26-17(24-9-11-25(12-10-24)18-20-7-4-8-21-18)13-16-14-27-19(23-16)22-15-5-2-1-3-6-15/h1-8,14H,9-13H2,(H,22,23). The maximum absolute atomic E-state index is 12.6. The Labute approximate surface area is 161 Å². The molecule has 0 unspecified atom stereocenters. The Morgan fingerprint density at radius 3 is 2.52 bits per heavy atom. The number of piperazine rings is 1. The summed E-state index contributed by atoms with van der Waals surface area (Å²) in [4.78, 5) is 29.7. The third kappa shape index (κ3) is 4.40. The van der Waals surface area contributed by atoms with Crippen molar-refractivity contribution in [2.45, 2.75) is 6.42 Å². The summed E-state index contributed by atoms with van der Waals surface area (Å²) in [6.07, 6.45) is 3.81. The maximum atomic E-state index is 12.6. The van der Waals surface area contributed by atoms with E-state index in [2.05, 4.69) is 25.2 Å². The van der Waals surface area contributed by atoms with Crippen LogP contribution in [0.25, 0.3) is 0 Å². The molecule has 0 radical (unpaired) electrons. The Bertz CT molecular complexity index is 877. The molecule has 7 nitrogen and oxygen atoms in total. The number of thiazole rings is 1.